The van der Waals surface area contributed by atoms with Crippen molar-refractivity contribution in [3.8, 4) is 0 Å². The molecule has 1 amide bonds. The molecular weight excluding hydrogens is 296 g/mol. The molecule has 1 aliphatic heterocycles. The molecular formula is C13H12N2O3S2. The zero-order valence-corrected chi connectivity index (χ0v) is 12.3. The minimum atomic E-state index is -1.05. The van der Waals surface area contributed by atoms with Gasteiger partial charge in [-0.1, -0.05) is 37.0 Å². The van der Waals surface area contributed by atoms with E-state index in [-0.39, 0.29) is 10.2 Å². The molecule has 1 atom stereocenters. The maximum absolute atomic E-state index is 12.3. The molecule has 1 fully saturated rings. The fourth-order valence-electron chi connectivity index (χ4n) is 1.83. The van der Waals surface area contributed by atoms with Crippen LogP contribution in [0, 0.1) is 0 Å². The van der Waals surface area contributed by atoms with E-state index in [1.54, 1.807) is 31.5 Å². The minimum absolute atomic E-state index is 0.277. The molecule has 0 saturated carbocycles. The fraction of sp³-hybridized carbons (Fsp3) is 0.231. The molecule has 0 spiro atoms. The molecule has 0 aliphatic carbocycles. The summed E-state index contributed by atoms with van der Waals surface area (Å²) < 4.78 is 0.277. The maximum atomic E-state index is 12.3. The Hall–Kier alpha value is -1.73. The Morgan fingerprint density at radius 3 is 2.95 bits per heavy atom. The third-order valence-corrected chi connectivity index (χ3v) is 4.12. The van der Waals surface area contributed by atoms with Gasteiger partial charge in [0.2, 0.25) is 0 Å². The number of nitrogens with zero attached hydrogens (tertiary/aromatic N) is 2. The zero-order valence-electron chi connectivity index (χ0n) is 10.6. The Kier molecular flexibility index (Phi) is 4.51. The molecule has 20 heavy (non-hydrogen) atoms. The van der Waals surface area contributed by atoms with Crippen LogP contribution in [0.4, 0.5) is 0 Å². The lowest BCUT2D eigenvalue weighted by Gasteiger charge is -2.21. The van der Waals surface area contributed by atoms with Crippen molar-refractivity contribution in [3.05, 3.63) is 35.0 Å². The van der Waals surface area contributed by atoms with Gasteiger partial charge in [0.25, 0.3) is 5.91 Å². The Labute approximate surface area is 125 Å². The second-order valence-electron chi connectivity index (χ2n) is 4.10. The van der Waals surface area contributed by atoms with E-state index in [4.69, 9.17) is 17.3 Å². The summed E-state index contributed by atoms with van der Waals surface area (Å²) in [6.07, 6.45) is 5.24. The Morgan fingerprint density at radius 2 is 2.40 bits per heavy atom. The number of amides is 1. The third-order valence-electron chi connectivity index (χ3n) is 2.79. The normalized spacial score (nSPS) is 18.6. The number of thioether (sulfide) groups is 1. The monoisotopic (exact) mass is 308 g/mol. The van der Waals surface area contributed by atoms with E-state index in [0.717, 1.165) is 17.3 Å². The second-order valence-corrected chi connectivity index (χ2v) is 5.78. The average molecular weight is 308 g/mol. The van der Waals surface area contributed by atoms with Gasteiger partial charge in [0, 0.05) is 12.4 Å². The zero-order chi connectivity index (χ0) is 14.7. The van der Waals surface area contributed by atoms with Crippen LogP contribution in [0.5, 0.6) is 0 Å². The summed E-state index contributed by atoms with van der Waals surface area (Å²) in [5, 5.41) is 9.15. The lowest BCUT2D eigenvalue weighted by atomic mass is 10.2. The van der Waals surface area contributed by atoms with E-state index in [2.05, 4.69) is 4.98 Å². The van der Waals surface area contributed by atoms with Crippen molar-refractivity contribution in [1.29, 1.82) is 0 Å². The van der Waals surface area contributed by atoms with Gasteiger partial charge in [-0.05, 0) is 24.1 Å². The van der Waals surface area contributed by atoms with Crippen molar-refractivity contribution in [2.75, 3.05) is 0 Å². The SMILES string of the molecule is CC[C@H](C(=O)O)N1C(=O)/C(=C\c2cccnc2)SC1=S. The quantitative estimate of drug-likeness (QED) is 0.679. The number of carboxylic acids is 1. The first-order valence-corrected chi connectivity index (χ1v) is 7.17. The van der Waals surface area contributed by atoms with E-state index in [1.165, 1.54) is 4.90 Å². The van der Waals surface area contributed by atoms with Gasteiger partial charge in [-0.2, -0.15) is 0 Å². The Bertz CT molecular complexity index is 587. The van der Waals surface area contributed by atoms with Gasteiger partial charge in [-0.25, -0.2) is 4.79 Å². The van der Waals surface area contributed by atoms with Crippen LogP contribution in [0.2, 0.25) is 0 Å². The molecule has 2 heterocycles. The third kappa shape index (κ3) is 2.88. The largest absolute Gasteiger partial charge is 0.480 e. The van der Waals surface area contributed by atoms with Crippen LogP contribution in [0.1, 0.15) is 18.9 Å². The molecule has 0 radical (unpaired) electrons. The molecule has 1 aliphatic rings. The van der Waals surface area contributed by atoms with Crippen LogP contribution in [-0.4, -0.2) is 37.2 Å². The molecule has 104 valence electrons. The second kappa shape index (κ2) is 6.15. The number of thiocarbonyl (C=S) groups is 1. The standard InChI is InChI=1S/C13H12N2O3S2/c1-2-9(12(17)18)15-11(16)10(20-13(15)19)6-8-4-3-5-14-7-8/h3-7,9H,2H2,1H3,(H,17,18)/b10-6+/t9-/m1/s1. The molecule has 1 aromatic heterocycles. The van der Waals surface area contributed by atoms with Crippen molar-refractivity contribution in [2.45, 2.75) is 19.4 Å². The van der Waals surface area contributed by atoms with Gasteiger partial charge in [-0.15, -0.1) is 0 Å². The maximum Gasteiger partial charge on any atom is 0.326 e. The molecule has 5 nitrogen and oxygen atoms in total. The summed E-state index contributed by atoms with van der Waals surface area (Å²) in [6.45, 7) is 1.71. The highest BCUT2D eigenvalue weighted by atomic mass is 32.2. The van der Waals surface area contributed by atoms with Crippen LogP contribution in [-0.2, 0) is 9.59 Å². The summed E-state index contributed by atoms with van der Waals surface area (Å²) in [7, 11) is 0. The first kappa shape index (κ1) is 14.7. The van der Waals surface area contributed by atoms with Crippen LogP contribution in [0.25, 0.3) is 6.08 Å². The first-order valence-electron chi connectivity index (χ1n) is 5.94. The van der Waals surface area contributed by atoms with Gasteiger partial charge in [0.15, 0.2) is 0 Å². The first-order chi connectivity index (χ1) is 9.54. The van der Waals surface area contributed by atoms with Crippen LogP contribution >= 0.6 is 24.0 Å². The molecule has 1 aromatic rings. The number of aromatic nitrogens is 1. The molecule has 2 rings (SSSR count). The van der Waals surface area contributed by atoms with Gasteiger partial charge in [0.05, 0.1) is 4.91 Å². The number of rotatable bonds is 4. The highest BCUT2D eigenvalue weighted by molar-refractivity contribution is 8.26. The number of hydrogen-bond donors (Lipinski definition) is 1. The van der Waals surface area contributed by atoms with Gasteiger partial charge < -0.3 is 5.11 Å². The van der Waals surface area contributed by atoms with Gasteiger partial charge >= 0.3 is 5.97 Å². The number of hydrogen-bond acceptors (Lipinski definition) is 5. The molecule has 0 aromatic carbocycles. The number of carbonyl (C=O) groups is 2. The van der Waals surface area contributed by atoms with E-state index in [1.807, 2.05) is 6.07 Å². The summed E-state index contributed by atoms with van der Waals surface area (Å²) in [6, 6.07) is 2.66. The number of aliphatic carboxylic acids is 1. The van der Waals surface area contributed by atoms with Crippen molar-refractivity contribution in [1.82, 2.24) is 9.88 Å². The highest BCUT2D eigenvalue weighted by Gasteiger charge is 2.39. The molecule has 1 saturated heterocycles. The van der Waals surface area contributed by atoms with Crippen molar-refractivity contribution in [3.63, 3.8) is 0 Å². The Balaban J connectivity index is 2.29. The summed E-state index contributed by atoms with van der Waals surface area (Å²) in [4.78, 5) is 29.0. The van der Waals surface area contributed by atoms with E-state index >= 15 is 0 Å². The van der Waals surface area contributed by atoms with Crippen molar-refractivity contribution in [2.24, 2.45) is 0 Å². The number of pyridine rings is 1. The van der Waals surface area contributed by atoms with E-state index in [0.29, 0.717) is 11.3 Å². The minimum Gasteiger partial charge on any atom is -0.480 e. The number of carboxylic acid groups (broad SMARTS) is 1. The lowest BCUT2D eigenvalue weighted by molar-refractivity contribution is -0.145. The number of carbonyl (C=O) groups excluding carboxylic acids is 1. The lowest BCUT2D eigenvalue weighted by Crippen LogP contribution is -2.43. The molecule has 0 unspecified atom stereocenters. The molecule has 0 bridgehead atoms. The summed E-state index contributed by atoms with van der Waals surface area (Å²) in [5.41, 5.74) is 0.774. The van der Waals surface area contributed by atoms with Crippen LogP contribution in [0.15, 0.2) is 29.4 Å². The predicted octanol–water partition coefficient (Wildman–Crippen LogP) is 2.15. The van der Waals surface area contributed by atoms with Crippen LogP contribution < -0.4 is 0 Å². The van der Waals surface area contributed by atoms with Gasteiger partial charge in [0.1, 0.15) is 10.4 Å². The summed E-state index contributed by atoms with van der Waals surface area (Å²) in [5.74, 6) is -1.41. The average Bonchev–Trinajstić information content (AvgIpc) is 2.68. The predicted molar refractivity (Wildman–Crippen MR) is 81.0 cm³/mol. The highest BCUT2D eigenvalue weighted by Crippen LogP contribution is 2.34. The van der Waals surface area contributed by atoms with Crippen LogP contribution in [0.3, 0.4) is 0 Å². The molecule has 7 heteroatoms. The van der Waals surface area contributed by atoms with E-state index in [9.17, 15) is 9.59 Å². The van der Waals surface area contributed by atoms with Crippen molar-refractivity contribution < 1.29 is 14.7 Å². The smallest absolute Gasteiger partial charge is 0.326 e. The topological polar surface area (TPSA) is 70.5 Å². The van der Waals surface area contributed by atoms with Gasteiger partial charge in [-0.3, -0.25) is 14.7 Å². The summed E-state index contributed by atoms with van der Waals surface area (Å²) >= 11 is 6.24. The Morgan fingerprint density at radius 1 is 1.65 bits per heavy atom. The fourth-order valence-corrected chi connectivity index (χ4v) is 3.19. The van der Waals surface area contributed by atoms with E-state index < -0.39 is 12.0 Å². The molecule has 1 N–H and O–H groups in total. The van der Waals surface area contributed by atoms with Crippen molar-refractivity contribution >= 4 is 46.3 Å².